The molecule has 0 bridgehead atoms. The Hall–Kier alpha value is -2.89. The van der Waals surface area contributed by atoms with Gasteiger partial charge in [0.25, 0.3) is 0 Å². The lowest BCUT2D eigenvalue weighted by molar-refractivity contribution is 0.368. The molecule has 0 atom stereocenters. The third kappa shape index (κ3) is 5.14. The zero-order valence-corrected chi connectivity index (χ0v) is 16.4. The first-order valence-electron chi connectivity index (χ1n) is 9.26. The molecule has 0 aliphatic heterocycles. The smallest absolute Gasteiger partial charge is 0.418 e. The van der Waals surface area contributed by atoms with Gasteiger partial charge in [-0.05, 0) is 43.9 Å². The standard InChI is InChI=1S/C23H21O.BF4/c1-23(2,3)21-15-20(16-9-5-4-6-10-16)19-14-13-17-11-7-8-12-18(17)22(19)24-21;2-1(3,4)5/h4-15H,1-3H3;/q+1;-1. The third-order valence-corrected chi connectivity index (χ3v) is 4.48. The molecule has 0 radical (unpaired) electrons. The van der Waals surface area contributed by atoms with E-state index in [9.17, 15) is 17.3 Å². The average molecular weight is 400 g/mol. The van der Waals surface area contributed by atoms with Crippen molar-refractivity contribution in [3.8, 4) is 11.1 Å². The van der Waals surface area contributed by atoms with Crippen molar-refractivity contribution in [3.63, 3.8) is 0 Å². The Bertz CT molecular complexity index is 1130. The number of halogens is 4. The van der Waals surface area contributed by atoms with E-state index >= 15 is 0 Å². The lowest BCUT2D eigenvalue weighted by Crippen LogP contribution is -2.11. The Morgan fingerprint density at radius 2 is 1.31 bits per heavy atom. The van der Waals surface area contributed by atoms with Crippen LogP contribution in [0, 0.1) is 0 Å². The summed E-state index contributed by atoms with van der Waals surface area (Å²) in [7, 11) is -6.00. The van der Waals surface area contributed by atoms with Crippen LogP contribution >= 0.6 is 0 Å². The fourth-order valence-electron chi connectivity index (χ4n) is 3.14. The number of hydrogen-bond acceptors (Lipinski definition) is 0. The maximum absolute atomic E-state index is 9.75. The van der Waals surface area contributed by atoms with Crippen LogP contribution in [0.3, 0.4) is 0 Å². The molecular weight excluding hydrogens is 379 g/mol. The summed E-state index contributed by atoms with van der Waals surface area (Å²) in [6, 6.07) is 25.5. The molecule has 1 heterocycles. The first-order chi connectivity index (χ1) is 13.5. The molecule has 29 heavy (non-hydrogen) atoms. The first-order valence-corrected chi connectivity index (χ1v) is 9.26. The fourth-order valence-corrected chi connectivity index (χ4v) is 3.14. The van der Waals surface area contributed by atoms with Crippen LogP contribution in [0.15, 0.2) is 77.2 Å². The maximum atomic E-state index is 9.75. The highest BCUT2D eigenvalue weighted by Crippen LogP contribution is 2.37. The van der Waals surface area contributed by atoms with E-state index in [0.29, 0.717) is 0 Å². The molecule has 0 N–H and O–H groups in total. The molecule has 6 heteroatoms. The van der Waals surface area contributed by atoms with E-state index in [1.807, 2.05) is 0 Å². The van der Waals surface area contributed by atoms with Crippen LogP contribution in [0.5, 0.6) is 0 Å². The average Bonchev–Trinajstić information content (AvgIpc) is 2.65. The van der Waals surface area contributed by atoms with E-state index in [0.717, 1.165) is 16.7 Å². The summed E-state index contributed by atoms with van der Waals surface area (Å²) in [6.45, 7) is 6.58. The van der Waals surface area contributed by atoms with E-state index in [1.165, 1.54) is 21.9 Å². The molecule has 0 fully saturated rings. The second-order valence-electron chi connectivity index (χ2n) is 7.80. The molecular formula is C23H21BF4O. The van der Waals surface area contributed by atoms with Crippen molar-refractivity contribution in [1.82, 2.24) is 0 Å². The van der Waals surface area contributed by atoms with Gasteiger partial charge in [0.05, 0.1) is 16.2 Å². The van der Waals surface area contributed by atoms with Gasteiger partial charge in [0.2, 0.25) is 0 Å². The van der Waals surface area contributed by atoms with Gasteiger partial charge in [0.1, 0.15) is 0 Å². The summed E-state index contributed by atoms with van der Waals surface area (Å²) in [4.78, 5) is 0. The number of rotatable bonds is 1. The quantitative estimate of drug-likeness (QED) is 0.136. The lowest BCUT2D eigenvalue weighted by atomic mass is 9.89. The van der Waals surface area contributed by atoms with E-state index in [2.05, 4.69) is 93.6 Å². The third-order valence-electron chi connectivity index (χ3n) is 4.48. The summed E-state index contributed by atoms with van der Waals surface area (Å²) >= 11 is 0. The highest BCUT2D eigenvalue weighted by molar-refractivity contribution is 6.50. The Kier molecular flexibility index (Phi) is 5.65. The van der Waals surface area contributed by atoms with Gasteiger partial charge in [0.15, 0.2) is 0 Å². The second kappa shape index (κ2) is 7.86. The summed E-state index contributed by atoms with van der Waals surface area (Å²) in [5, 5.41) is 3.53. The highest BCUT2D eigenvalue weighted by atomic mass is 19.5. The van der Waals surface area contributed by atoms with Crippen LogP contribution in [-0.2, 0) is 5.41 Å². The molecule has 4 rings (SSSR count). The molecule has 0 spiro atoms. The minimum absolute atomic E-state index is 0.0470. The monoisotopic (exact) mass is 400 g/mol. The molecule has 1 aromatic heterocycles. The molecule has 1 nitrogen and oxygen atoms in total. The number of fused-ring (bicyclic) bond motifs is 3. The van der Waals surface area contributed by atoms with Crippen molar-refractivity contribution in [2.45, 2.75) is 26.2 Å². The summed E-state index contributed by atoms with van der Waals surface area (Å²) in [5.74, 6) is 1.00. The zero-order valence-electron chi connectivity index (χ0n) is 16.4. The largest absolute Gasteiger partial charge is 0.673 e. The lowest BCUT2D eigenvalue weighted by Gasteiger charge is -2.12. The van der Waals surface area contributed by atoms with E-state index in [4.69, 9.17) is 4.42 Å². The summed E-state index contributed by atoms with van der Waals surface area (Å²) in [6.07, 6.45) is 0. The minimum atomic E-state index is -6.00. The fraction of sp³-hybridized carbons (Fsp3) is 0.174. The van der Waals surface area contributed by atoms with Crippen LogP contribution in [0.2, 0.25) is 0 Å². The highest BCUT2D eigenvalue weighted by Gasteiger charge is 2.30. The van der Waals surface area contributed by atoms with E-state index < -0.39 is 7.25 Å². The molecule has 150 valence electrons. The molecule has 0 aliphatic carbocycles. The Balaban J connectivity index is 0.000000431. The Morgan fingerprint density at radius 1 is 0.724 bits per heavy atom. The van der Waals surface area contributed by atoms with Crippen molar-refractivity contribution < 1.29 is 21.7 Å². The van der Waals surface area contributed by atoms with Crippen molar-refractivity contribution in [2.75, 3.05) is 0 Å². The number of hydrogen-bond donors (Lipinski definition) is 0. The van der Waals surface area contributed by atoms with Crippen molar-refractivity contribution in [1.29, 1.82) is 0 Å². The Labute approximate surface area is 167 Å². The predicted octanol–water partition coefficient (Wildman–Crippen LogP) is 8.13. The van der Waals surface area contributed by atoms with E-state index in [1.54, 1.807) is 0 Å². The SMILES string of the molecule is CC(C)(C)c1cc(-c2ccccc2)c2ccc3ccccc3c2[o+]1.F[B-](F)(F)F. The molecule has 0 amide bonds. The molecule has 0 saturated carbocycles. The van der Waals surface area contributed by atoms with Gasteiger partial charge >= 0.3 is 18.6 Å². The summed E-state index contributed by atoms with van der Waals surface area (Å²) < 4.78 is 45.4. The van der Waals surface area contributed by atoms with Crippen molar-refractivity contribution in [2.24, 2.45) is 0 Å². The molecule has 0 saturated heterocycles. The van der Waals surface area contributed by atoms with Gasteiger partial charge in [-0.2, -0.15) is 0 Å². The van der Waals surface area contributed by atoms with Crippen LogP contribution in [0.1, 0.15) is 26.5 Å². The molecule has 4 aromatic rings. The van der Waals surface area contributed by atoms with Crippen LogP contribution in [-0.4, -0.2) is 7.25 Å². The molecule has 0 unspecified atom stereocenters. The Morgan fingerprint density at radius 3 is 1.93 bits per heavy atom. The zero-order chi connectivity index (χ0) is 21.2. The van der Waals surface area contributed by atoms with Gasteiger partial charge in [-0.15, -0.1) is 0 Å². The summed E-state index contributed by atoms with van der Waals surface area (Å²) in [5.41, 5.74) is 3.38. The molecule has 3 aromatic carbocycles. The van der Waals surface area contributed by atoms with E-state index in [-0.39, 0.29) is 5.41 Å². The first kappa shape index (κ1) is 20.8. The van der Waals surface area contributed by atoms with Crippen molar-refractivity contribution in [3.05, 3.63) is 78.6 Å². The van der Waals surface area contributed by atoms with Gasteiger partial charge in [0, 0.05) is 11.6 Å². The minimum Gasteiger partial charge on any atom is -0.418 e. The van der Waals surface area contributed by atoms with Gasteiger partial charge < -0.3 is 17.3 Å². The van der Waals surface area contributed by atoms with Crippen LogP contribution in [0.4, 0.5) is 17.3 Å². The number of benzene rings is 3. The van der Waals surface area contributed by atoms with Gasteiger partial charge in [-0.25, -0.2) is 4.42 Å². The van der Waals surface area contributed by atoms with Gasteiger partial charge in [-0.3, -0.25) is 0 Å². The second-order valence-corrected chi connectivity index (χ2v) is 7.80. The topological polar surface area (TPSA) is 11.3 Å². The van der Waals surface area contributed by atoms with Crippen LogP contribution in [0.25, 0.3) is 32.9 Å². The van der Waals surface area contributed by atoms with Gasteiger partial charge in [-0.1, -0.05) is 54.6 Å². The van der Waals surface area contributed by atoms with Crippen molar-refractivity contribution >= 4 is 29.0 Å². The predicted molar refractivity (Wildman–Crippen MR) is 112 cm³/mol. The molecule has 0 aliphatic rings. The maximum Gasteiger partial charge on any atom is 0.673 e. The van der Waals surface area contributed by atoms with Crippen LogP contribution < -0.4 is 0 Å². The normalized spacial score (nSPS) is 12.0.